The van der Waals surface area contributed by atoms with Crippen molar-refractivity contribution in [2.24, 2.45) is 0 Å². The average molecular weight is 261 g/mol. The zero-order valence-electron chi connectivity index (χ0n) is 4.95. The molecule has 1 unspecified atom stereocenters. The summed E-state index contributed by atoms with van der Waals surface area (Å²) in [6.45, 7) is 5.82. The van der Waals surface area contributed by atoms with Gasteiger partial charge < -0.3 is 0 Å². The zero-order valence-corrected chi connectivity index (χ0v) is 8.87. The molecule has 0 saturated heterocycles. The van der Waals surface area contributed by atoms with E-state index in [1.165, 1.54) is 6.42 Å². The Morgan fingerprint density at radius 1 is 1.88 bits per heavy atom. The molecular weight excluding hydrogens is 250 g/mol. The zero-order chi connectivity index (χ0) is 6.62. The summed E-state index contributed by atoms with van der Waals surface area (Å²) < 4.78 is 0. The summed E-state index contributed by atoms with van der Waals surface area (Å²) >= 11 is 8.35. The van der Waals surface area contributed by atoms with Crippen LogP contribution in [0, 0.1) is 0 Å². The van der Waals surface area contributed by atoms with Crippen LogP contribution >= 0.6 is 32.9 Å². The maximum atomic E-state index is 6.03. The first-order valence-electron chi connectivity index (χ1n) is 2.64. The highest BCUT2D eigenvalue weighted by Crippen LogP contribution is 2.25. The van der Waals surface area contributed by atoms with Crippen LogP contribution in [-0.4, -0.2) is 4.88 Å². The molecule has 0 amide bonds. The van der Waals surface area contributed by atoms with E-state index in [0.29, 0.717) is 0 Å². The molecule has 0 nitrogen and oxygen atoms in total. The van der Waals surface area contributed by atoms with Crippen molar-refractivity contribution in [1.29, 1.82) is 0 Å². The predicted octanol–water partition coefficient (Wildman–Crippen LogP) is 3.24. The number of rotatable bonds is 3. The second-order valence-corrected chi connectivity index (χ2v) is 13.9. The molecule has 0 aliphatic carbocycles. The van der Waals surface area contributed by atoms with Gasteiger partial charge in [0.15, 0.2) is 0 Å². The first-order chi connectivity index (χ1) is 3.62. The smallest absolute Gasteiger partial charge is 0.148 e. The standard InChI is InChI=1S/C5H10ClISi/c1-3-5-8(6,7)4-2/h4H,2-3,5H2,1H3. The molecular formula is C5H10ClISi. The molecule has 0 aromatic heterocycles. The van der Waals surface area contributed by atoms with Crippen LogP contribution in [0.3, 0.4) is 0 Å². The van der Waals surface area contributed by atoms with Crippen LogP contribution in [0.1, 0.15) is 13.3 Å². The van der Waals surface area contributed by atoms with E-state index in [1.54, 1.807) is 0 Å². The van der Waals surface area contributed by atoms with Gasteiger partial charge in [-0.25, -0.2) is 0 Å². The molecule has 0 rings (SSSR count). The third kappa shape index (κ3) is 3.92. The van der Waals surface area contributed by atoms with Crippen LogP contribution < -0.4 is 0 Å². The Balaban J connectivity index is 3.53. The lowest BCUT2D eigenvalue weighted by Gasteiger charge is -2.07. The van der Waals surface area contributed by atoms with E-state index in [4.69, 9.17) is 11.1 Å². The molecule has 0 radical (unpaired) electrons. The molecule has 0 aliphatic heterocycles. The van der Waals surface area contributed by atoms with Gasteiger partial charge in [0.1, 0.15) is 0 Å². The number of hydrogen-bond acceptors (Lipinski definition) is 0. The molecule has 3 heteroatoms. The van der Waals surface area contributed by atoms with Gasteiger partial charge in [0.2, 0.25) is 4.88 Å². The molecule has 0 aromatic rings. The Hall–Kier alpha value is 0.977. The minimum Gasteiger partial charge on any atom is -0.148 e. The van der Waals surface area contributed by atoms with E-state index in [1.807, 2.05) is 5.70 Å². The quantitative estimate of drug-likeness (QED) is 0.415. The molecule has 0 spiro atoms. The van der Waals surface area contributed by atoms with Crippen molar-refractivity contribution in [2.45, 2.75) is 19.4 Å². The van der Waals surface area contributed by atoms with E-state index >= 15 is 0 Å². The Labute approximate surface area is 69.2 Å². The molecule has 0 bridgehead atoms. The SMILES string of the molecule is C=C[Si](Cl)(I)CCC. The molecule has 48 valence electrons. The molecule has 0 aromatic carbocycles. The van der Waals surface area contributed by atoms with Crippen molar-refractivity contribution >= 4 is 37.8 Å². The van der Waals surface area contributed by atoms with E-state index < -0.39 is 4.88 Å². The van der Waals surface area contributed by atoms with Gasteiger partial charge in [-0.3, -0.25) is 0 Å². The number of halogens is 2. The second kappa shape index (κ2) is 3.90. The van der Waals surface area contributed by atoms with E-state index in [-0.39, 0.29) is 0 Å². The van der Waals surface area contributed by atoms with Crippen LogP contribution in [-0.2, 0) is 0 Å². The lowest BCUT2D eigenvalue weighted by atomic mass is 10.6. The third-order valence-electron chi connectivity index (χ3n) is 0.882. The predicted molar refractivity (Wildman–Crippen MR) is 50.9 cm³/mol. The molecule has 0 fully saturated rings. The summed E-state index contributed by atoms with van der Waals surface area (Å²) in [5.74, 6) is 0. The fourth-order valence-corrected chi connectivity index (χ4v) is 3.49. The Kier molecular flexibility index (Phi) is 4.38. The van der Waals surface area contributed by atoms with Crippen molar-refractivity contribution in [2.75, 3.05) is 0 Å². The lowest BCUT2D eigenvalue weighted by Crippen LogP contribution is -2.12. The molecule has 8 heavy (non-hydrogen) atoms. The molecule has 1 atom stereocenters. The summed E-state index contributed by atoms with van der Waals surface area (Å²) in [5.41, 5.74) is 1.92. The Morgan fingerprint density at radius 3 is 2.50 bits per heavy atom. The van der Waals surface area contributed by atoms with Crippen molar-refractivity contribution in [1.82, 2.24) is 0 Å². The Bertz CT molecular complexity index is 82.5. The first-order valence-corrected chi connectivity index (χ1v) is 9.05. The maximum absolute atomic E-state index is 6.03. The van der Waals surface area contributed by atoms with Gasteiger partial charge in [-0.2, -0.15) is 0 Å². The van der Waals surface area contributed by atoms with Crippen molar-refractivity contribution in [3.8, 4) is 0 Å². The molecule has 0 N–H and O–H groups in total. The normalized spacial score (nSPS) is 17.4. The average Bonchev–Trinajstić information content (AvgIpc) is 1.67. The van der Waals surface area contributed by atoms with Crippen LogP contribution in [0.4, 0.5) is 0 Å². The van der Waals surface area contributed by atoms with Gasteiger partial charge in [0.05, 0.1) is 0 Å². The van der Waals surface area contributed by atoms with Crippen LogP contribution in [0.2, 0.25) is 6.04 Å². The van der Waals surface area contributed by atoms with Crippen LogP contribution in [0.5, 0.6) is 0 Å². The topological polar surface area (TPSA) is 0 Å². The fraction of sp³-hybridized carbons (Fsp3) is 0.600. The van der Waals surface area contributed by atoms with Gasteiger partial charge >= 0.3 is 0 Å². The molecule has 0 aliphatic rings. The minimum absolute atomic E-state index is 1.14. The largest absolute Gasteiger partial charge is 0.243 e. The second-order valence-electron chi connectivity index (χ2n) is 1.72. The van der Waals surface area contributed by atoms with Crippen LogP contribution in [0.25, 0.3) is 0 Å². The number of hydrogen-bond donors (Lipinski definition) is 0. The summed E-state index contributed by atoms with van der Waals surface area (Å²) in [6.07, 6.45) is 1.17. The minimum atomic E-state index is -1.47. The molecule has 0 saturated carbocycles. The highest BCUT2D eigenvalue weighted by Gasteiger charge is 2.20. The highest BCUT2D eigenvalue weighted by molar-refractivity contribution is 14.1. The third-order valence-corrected chi connectivity index (χ3v) is 6.62. The van der Waals surface area contributed by atoms with Gasteiger partial charge in [0.25, 0.3) is 0 Å². The van der Waals surface area contributed by atoms with Crippen molar-refractivity contribution in [3.63, 3.8) is 0 Å². The maximum Gasteiger partial charge on any atom is 0.243 e. The summed E-state index contributed by atoms with van der Waals surface area (Å²) in [5, 5.41) is 0. The van der Waals surface area contributed by atoms with E-state index in [2.05, 4.69) is 35.3 Å². The first kappa shape index (κ1) is 8.98. The summed E-state index contributed by atoms with van der Waals surface area (Å²) in [7, 11) is 0. The van der Waals surface area contributed by atoms with Crippen LogP contribution in [0.15, 0.2) is 12.3 Å². The Morgan fingerprint density at radius 2 is 2.38 bits per heavy atom. The fourth-order valence-electron chi connectivity index (χ4n) is 0.435. The monoisotopic (exact) mass is 260 g/mol. The molecule has 0 heterocycles. The summed E-state index contributed by atoms with van der Waals surface area (Å²) in [4.78, 5) is -1.47. The van der Waals surface area contributed by atoms with E-state index in [0.717, 1.165) is 6.04 Å². The highest BCUT2D eigenvalue weighted by atomic mass is 127. The van der Waals surface area contributed by atoms with Gasteiger partial charge in [-0.1, -0.05) is 40.8 Å². The van der Waals surface area contributed by atoms with Gasteiger partial charge in [-0.05, 0) is 6.04 Å². The van der Waals surface area contributed by atoms with Gasteiger partial charge in [-0.15, -0.1) is 17.7 Å². The van der Waals surface area contributed by atoms with Crippen molar-refractivity contribution in [3.05, 3.63) is 12.3 Å². The van der Waals surface area contributed by atoms with E-state index in [9.17, 15) is 0 Å². The van der Waals surface area contributed by atoms with Gasteiger partial charge in [0, 0.05) is 0 Å². The lowest BCUT2D eigenvalue weighted by molar-refractivity contribution is 1.07. The van der Waals surface area contributed by atoms with Crippen molar-refractivity contribution < 1.29 is 0 Å². The summed E-state index contributed by atoms with van der Waals surface area (Å²) in [6, 6.07) is 1.14.